The lowest BCUT2D eigenvalue weighted by Gasteiger charge is -2.11. The van der Waals surface area contributed by atoms with Crippen molar-refractivity contribution in [2.24, 2.45) is 0 Å². The number of rotatable bonds is 2. The van der Waals surface area contributed by atoms with Gasteiger partial charge in [0.15, 0.2) is 0 Å². The third-order valence-electron chi connectivity index (χ3n) is 7.95. The highest BCUT2D eigenvalue weighted by atomic mass is 33.1. The zero-order valence-corrected chi connectivity index (χ0v) is 28.3. The second-order valence-corrected chi connectivity index (χ2v) is 11.3. The summed E-state index contributed by atoms with van der Waals surface area (Å²) in [6.07, 6.45) is 0. The van der Waals surface area contributed by atoms with E-state index in [2.05, 4.69) is 182 Å². The van der Waals surface area contributed by atoms with Crippen molar-refractivity contribution in [1.82, 2.24) is 4.57 Å². The van der Waals surface area contributed by atoms with Crippen LogP contribution in [-0.2, 0) is 0 Å². The lowest BCUT2D eigenvalue weighted by atomic mass is 10.0. The van der Waals surface area contributed by atoms with Crippen molar-refractivity contribution in [2.75, 3.05) is 0 Å². The van der Waals surface area contributed by atoms with Crippen LogP contribution in [0.3, 0.4) is 0 Å². The molecule has 8 aromatic rings. The number of aromatic nitrogens is 1. The van der Waals surface area contributed by atoms with Gasteiger partial charge in [-0.1, -0.05) is 162 Å². The maximum absolute atomic E-state index is 3.22. The van der Waals surface area contributed by atoms with Crippen LogP contribution in [0.1, 0.15) is 16.7 Å². The molecule has 0 aliphatic heterocycles. The maximum atomic E-state index is 3.22. The number of fused-ring (bicyclic) bond motifs is 4. The van der Waals surface area contributed by atoms with Gasteiger partial charge in [-0.2, -0.15) is 0 Å². The highest BCUT2D eigenvalue weighted by Crippen LogP contribution is 2.36. The number of hydrogen-bond donors (Lipinski definition) is 2. The van der Waals surface area contributed by atoms with Crippen LogP contribution in [-0.4, -0.2) is 4.57 Å². The van der Waals surface area contributed by atoms with E-state index in [4.69, 9.17) is 0 Å². The molecule has 1 aromatic heterocycles. The molecule has 0 fully saturated rings. The molecule has 0 aliphatic carbocycles. The summed E-state index contributed by atoms with van der Waals surface area (Å²) < 4.78 is 2.41. The zero-order valence-electron chi connectivity index (χ0n) is 26.5. The summed E-state index contributed by atoms with van der Waals surface area (Å²) >= 11 is 6.44. The highest BCUT2D eigenvalue weighted by Gasteiger charge is 2.14. The number of para-hydroxylation sites is 1. The fourth-order valence-electron chi connectivity index (χ4n) is 5.63. The van der Waals surface area contributed by atoms with Crippen molar-refractivity contribution in [2.45, 2.75) is 20.8 Å². The summed E-state index contributed by atoms with van der Waals surface area (Å²) in [6.45, 7) is 6.30. The summed E-state index contributed by atoms with van der Waals surface area (Å²) in [6, 6.07) is 60.1. The molecule has 0 unspecified atom stereocenters. The van der Waals surface area contributed by atoms with Crippen LogP contribution in [0.4, 0.5) is 0 Å². The van der Waals surface area contributed by atoms with Gasteiger partial charge >= 0.3 is 0 Å². The van der Waals surface area contributed by atoms with Crippen molar-refractivity contribution in [3.8, 4) is 16.8 Å². The molecule has 0 amide bonds. The van der Waals surface area contributed by atoms with E-state index in [1.807, 2.05) is 36.4 Å². The van der Waals surface area contributed by atoms with Crippen LogP contribution < -0.4 is 0 Å². The standard InChI is InChI=1S/C29H21N.2C7H8.H2S2/c1-20-13-15-21(16-14-20)23-17-18-29-26(19-23)25-10-4-5-11-28(25)30(29)27-12-6-8-22-7-2-3-9-24(22)27;2*1-7-5-3-2-4-6-7;1-2/h2-19H,1H3;2*2-6H,1H3;1-2H. The molecule has 1 heterocycles. The molecule has 46 heavy (non-hydrogen) atoms. The van der Waals surface area contributed by atoms with Crippen molar-refractivity contribution in [3.05, 3.63) is 187 Å². The predicted octanol–water partition coefficient (Wildman–Crippen LogP) is 12.7. The quantitative estimate of drug-likeness (QED) is 0.138. The third kappa shape index (κ3) is 7.74. The Morgan fingerprint density at radius 2 is 0.848 bits per heavy atom. The summed E-state index contributed by atoms with van der Waals surface area (Å²) in [4.78, 5) is 0. The molecule has 3 heteroatoms. The van der Waals surface area contributed by atoms with Gasteiger partial charge in [-0.15, -0.1) is 23.3 Å². The van der Waals surface area contributed by atoms with E-state index in [1.54, 1.807) is 0 Å². The van der Waals surface area contributed by atoms with Gasteiger partial charge in [0.2, 0.25) is 0 Å². The average Bonchev–Trinajstić information content (AvgIpc) is 3.44. The molecule has 0 spiro atoms. The Morgan fingerprint density at radius 3 is 1.46 bits per heavy atom. The molecule has 8 rings (SSSR count). The fraction of sp³-hybridized carbons (Fsp3) is 0.0698. The highest BCUT2D eigenvalue weighted by molar-refractivity contribution is 8.59. The van der Waals surface area contributed by atoms with E-state index < -0.39 is 0 Å². The van der Waals surface area contributed by atoms with Crippen LogP contribution >= 0.6 is 23.3 Å². The molecular weight excluding hydrogens is 595 g/mol. The number of aryl methyl sites for hydroxylation is 3. The number of benzene rings is 7. The van der Waals surface area contributed by atoms with E-state index in [1.165, 1.54) is 66.1 Å². The first kappa shape index (κ1) is 32.7. The lowest BCUT2D eigenvalue weighted by molar-refractivity contribution is 1.20. The Balaban J connectivity index is 0.000000214. The minimum absolute atomic E-state index is 1.22. The van der Waals surface area contributed by atoms with Gasteiger partial charge in [0.05, 0.1) is 16.7 Å². The van der Waals surface area contributed by atoms with Crippen molar-refractivity contribution < 1.29 is 0 Å². The van der Waals surface area contributed by atoms with E-state index in [0.29, 0.717) is 0 Å². The Kier molecular flexibility index (Phi) is 11.4. The van der Waals surface area contributed by atoms with Crippen LogP contribution in [0.2, 0.25) is 0 Å². The molecule has 228 valence electrons. The Hall–Kier alpha value is -4.70. The zero-order chi connectivity index (χ0) is 32.3. The molecule has 0 saturated carbocycles. The lowest BCUT2D eigenvalue weighted by Crippen LogP contribution is -1.95. The maximum Gasteiger partial charge on any atom is 0.0541 e. The Bertz CT molecular complexity index is 2090. The Labute approximate surface area is 283 Å². The van der Waals surface area contributed by atoms with Crippen molar-refractivity contribution in [1.29, 1.82) is 0 Å². The SMILES string of the molecule is Cc1ccc(-c2ccc3c(c2)c2ccccc2n3-c2cccc3ccccc23)cc1.Cc1ccccc1.Cc1ccccc1.SS. The first-order valence-electron chi connectivity index (χ1n) is 15.4. The minimum atomic E-state index is 1.22. The molecule has 0 bridgehead atoms. The molecule has 1 nitrogen and oxygen atoms in total. The molecule has 7 aromatic carbocycles. The number of hydrogen-bond acceptors (Lipinski definition) is 2. The van der Waals surface area contributed by atoms with Crippen LogP contribution in [0, 0.1) is 20.8 Å². The van der Waals surface area contributed by atoms with Gasteiger partial charge in [0.1, 0.15) is 0 Å². The second kappa shape index (κ2) is 16.0. The van der Waals surface area contributed by atoms with Crippen LogP contribution in [0.5, 0.6) is 0 Å². The number of thiol groups is 2. The largest absolute Gasteiger partial charge is 0.309 e. The third-order valence-corrected chi connectivity index (χ3v) is 7.95. The number of nitrogens with zero attached hydrogens (tertiary/aromatic N) is 1. The van der Waals surface area contributed by atoms with E-state index >= 15 is 0 Å². The van der Waals surface area contributed by atoms with Crippen LogP contribution in [0.15, 0.2) is 170 Å². The van der Waals surface area contributed by atoms with Crippen molar-refractivity contribution >= 4 is 55.9 Å². The van der Waals surface area contributed by atoms with E-state index in [0.717, 1.165) is 0 Å². The summed E-state index contributed by atoms with van der Waals surface area (Å²) in [7, 11) is 0. The van der Waals surface area contributed by atoms with Gasteiger partial charge in [-0.3, -0.25) is 0 Å². The van der Waals surface area contributed by atoms with Crippen molar-refractivity contribution in [3.63, 3.8) is 0 Å². The average molecular weight is 634 g/mol. The summed E-state index contributed by atoms with van der Waals surface area (Å²) in [5.41, 5.74) is 10.1. The van der Waals surface area contributed by atoms with E-state index in [-0.39, 0.29) is 0 Å². The Morgan fingerprint density at radius 1 is 0.370 bits per heavy atom. The second-order valence-electron chi connectivity index (χ2n) is 11.3. The van der Waals surface area contributed by atoms with Gasteiger partial charge in [0.25, 0.3) is 0 Å². The minimum Gasteiger partial charge on any atom is -0.309 e. The predicted molar refractivity (Wildman–Crippen MR) is 209 cm³/mol. The fourth-order valence-corrected chi connectivity index (χ4v) is 5.63. The van der Waals surface area contributed by atoms with Gasteiger partial charge in [-0.25, -0.2) is 0 Å². The van der Waals surface area contributed by atoms with E-state index in [9.17, 15) is 0 Å². The summed E-state index contributed by atoms with van der Waals surface area (Å²) in [5, 5.41) is 5.11. The molecule has 0 atom stereocenters. The normalized spacial score (nSPS) is 10.3. The van der Waals surface area contributed by atoms with Gasteiger partial charge < -0.3 is 4.57 Å². The molecule has 0 N–H and O–H groups in total. The molecule has 0 radical (unpaired) electrons. The van der Waals surface area contributed by atoms with Gasteiger partial charge in [0, 0.05) is 16.2 Å². The van der Waals surface area contributed by atoms with Crippen LogP contribution in [0.25, 0.3) is 49.4 Å². The topological polar surface area (TPSA) is 4.93 Å². The first-order chi connectivity index (χ1) is 22.6. The molecule has 0 aliphatic rings. The molecule has 0 saturated heterocycles. The first-order valence-corrected chi connectivity index (χ1v) is 17.0. The monoisotopic (exact) mass is 633 g/mol. The summed E-state index contributed by atoms with van der Waals surface area (Å²) in [5.74, 6) is 0. The smallest absolute Gasteiger partial charge is 0.0541 e. The molecular formula is C43H39NS2. The van der Waals surface area contributed by atoms with Gasteiger partial charge in [-0.05, 0) is 61.5 Å².